The highest BCUT2D eigenvalue weighted by atomic mass is 16.5. The van der Waals surface area contributed by atoms with Crippen LogP contribution in [0.25, 0.3) is 0 Å². The number of ether oxygens (including phenoxy) is 2. The molecule has 0 radical (unpaired) electrons. The summed E-state index contributed by atoms with van der Waals surface area (Å²) in [6.45, 7) is 7.57. The highest BCUT2D eigenvalue weighted by molar-refractivity contribution is 5.74. The first-order valence-electron chi connectivity index (χ1n) is 6.71. The van der Waals surface area contributed by atoms with Crippen molar-refractivity contribution in [2.45, 2.75) is 40.0 Å². The van der Waals surface area contributed by atoms with Crippen molar-refractivity contribution in [2.75, 3.05) is 14.2 Å². The van der Waals surface area contributed by atoms with Crippen molar-refractivity contribution in [1.82, 2.24) is 0 Å². The molecule has 0 aliphatic rings. The number of rotatable bonds is 6. The predicted molar refractivity (Wildman–Crippen MR) is 78.8 cm³/mol. The van der Waals surface area contributed by atoms with Crippen LogP contribution in [0.3, 0.4) is 0 Å². The van der Waals surface area contributed by atoms with Gasteiger partial charge in [-0.15, -0.1) is 0 Å². The number of benzene rings is 1. The first-order valence-corrected chi connectivity index (χ1v) is 6.71. The number of hydrogen-bond donors (Lipinski definition) is 1. The average Bonchev–Trinajstić information content (AvgIpc) is 2.37. The van der Waals surface area contributed by atoms with Gasteiger partial charge < -0.3 is 14.6 Å². The normalized spacial score (nSPS) is 11.6. The fraction of sp³-hybridized carbons (Fsp3) is 0.562. The van der Waals surface area contributed by atoms with Gasteiger partial charge in [0.15, 0.2) is 0 Å². The number of carbonyl (C=O) groups is 1. The maximum absolute atomic E-state index is 11.3. The summed E-state index contributed by atoms with van der Waals surface area (Å²) in [7, 11) is 3.23. The van der Waals surface area contributed by atoms with E-state index in [2.05, 4.69) is 13.8 Å². The predicted octanol–water partition coefficient (Wildman–Crippen LogP) is 3.48. The number of carboxylic acid groups (broad SMARTS) is 1. The van der Waals surface area contributed by atoms with E-state index in [9.17, 15) is 9.90 Å². The summed E-state index contributed by atoms with van der Waals surface area (Å²) in [5, 5.41) is 9.26. The van der Waals surface area contributed by atoms with Crippen molar-refractivity contribution >= 4 is 5.97 Å². The molecule has 4 nitrogen and oxygen atoms in total. The van der Waals surface area contributed by atoms with Gasteiger partial charge in [-0.3, -0.25) is 4.79 Å². The van der Waals surface area contributed by atoms with Crippen LogP contribution in [0.1, 0.15) is 44.7 Å². The van der Waals surface area contributed by atoms with Crippen molar-refractivity contribution in [3.8, 4) is 11.5 Å². The summed E-state index contributed by atoms with van der Waals surface area (Å²) >= 11 is 0. The van der Waals surface area contributed by atoms with Gasteiger partial charge in [0, 0.05) is 5.56 Å². The van der Waals surface area contributed by atoms with Crippen molar-refractivity contribution < 1.29 is 19.4 Å². The third kappa shape index (κ3) is 3.44. The fourth-order valence-electron chi connectivity index (χ4n) is 2.13. The lowest BCUT2D eigenvalue weighted by Crippen LogP contribution is -2.26. The second-order valence-electron chi connectivity index (χ2n) is 5.93. The third-order valence-corrected chi connectivity index (χ3v) is 3.47. The molecule has 20 heavy (non-hydrogen) atoms. The van der Waals surface area contributed by atoms with Gasteiger partial charge >= 0.3 is 5.97 Å². The van der Waals surface area contributed by atoms with Gasteiger partial charge in [0.05, 0.1) is 19.6 Å². The molecular formula is C16H24O4. The Morgan fingerprint density at radius 2 is 1.75 bits per heavy atom. The molecule has 0 spiro atoms. The molecule has 1 aromatic carbocycles. The molecule has 0 aliphatic heterocycles. The number of carboxylic acids is 1. The Morgan fingerprint density at radius 3 is 2.15 bits per heavy atom. The highest BCUT2D eigenvalue weighted by Gasteiger charge is 2.29. The van der Waals surface area contributed by atoms with Crippen LogP contribution in [0.5, 0.6) is 11.5 Å². The Labute approximate surface area is 120 Å². The molecule has 0 saturated carbocycles. The lowest BCUT2D eigenvalue weighted by atomic mass is 9.84. The summed E-state index contributed by atoms with van der Waals surface area (Å²) in [6, 6.07) is 3.83. The second-order valence-corrected chi connectivity index (χ2v) is 5.93. The molecule has 0 amide bonds. The monoisotopic (exact) mass is 280 g/mol. The first kappa shape index (κ1) is 16.3. The van der Waals surface area contributed by atoms with Crippen molar-refractivity contribution in [3.63, 3.8) is 0 Å². The van der Waals surface area contributed by atoms with Gasteiger partial charge in [0.2, 0.25) is 0 Å². The summed E-state index contributed by atoms with van der Waals surface area (Å²) in [5.74, 6) is 0.965. The minimum atomic E-state index is -0.850. The zero-order valence-corrected chi connectivity index (χ0v) is 13.1. The largest absolute Gasteiger partial charge is 0.496 e. The summed E-state index contributed by atoms with van der Waals surface area (Å²) < 4.78 is 10.8. The molecular weight excluding hydrogens is 256 g/mol. The molecule has 0 bridgehead atoms. The summed E-state index contributed by atoms with van der Waals surface area (Å²) in [4.78, 5) is 11.3. The molecule has 0 atom stereocenters. The molecule has 0 saturated heterocycles. The average molecular weight is 280 g/mol. The van der Waals surface area contributed by atoms with Crippen molar-refractivity contribution in [3.05, 3.63) is 23.3 Å². The quantitative estimate of drug-likeness (QED) is 0.866. The fourth-order valence-corrected chi connectivity index (χ4v) is 2.13. The van der Waals surface area contributed by atoms with E-state index in [1.165, 1.54) is 0 Å². The van der Waals surface area contributed by atoms with E-state index >= 15 is 0 Å². The molecule has 0 aliphatic carbocycles. The van der Waals surface area contributed by atoms with Gasteiger partial charge in [-0.1, -0.05) is 13.8 Å². The van der Waals surface area contributed by atoms with Crippen LogP contribution in [-0.4, -0.2) is 25.3 Å². The summed E-state index contributed by atoms with van der Waals surface area (Å²) in [6.07, 6.45) is 0.389. The minimum Gasteiger partial charge on any atom is -0.496 e. The minimum absolute atomic E-state index is 0.306. The van der Waals surface area contributed by atoms with Crippen molar-refractivity contribution in [1.29, 1.82) is 0 Å². The van der Waals surface area contributed by atoms with Gasteiger partial charge in [0.1, 0.15) is 11.5 Å². The molecule has 1 rings (SSSR count). The van der Waals surface area contributed by atoms with Crippen LogP contribution in [0.2, 0.25) is 0 Å². The molecule has 0 aromatic heterocycles. The molecule has 0 fully saturated rings. The lowest BCUT2D eigenvalue weighted by molar-refractivity contribution is -0.146. The van der Waals surface area contributed by atoms with E-state index in [1.807, 2.05) is 12.1 Å². The van der Waals surface area contributed by atoms with E-state index in [0.29, 0.717) is 18.1 Å². The molecule has 112 valence electrons. The molecule has 1 N–H and O–H groups in total. The SMILES string of the molecule is COc1cc(C(C)C)c(OC)cc1CC(C)(C)C(=O)O. The van der Waals surface area contributed by atoms with Gasteiger partial charge in [-0.05, 0) is 43.9 Å². The van der Waals surface area contributed by atoms with Crippen LogP contribution < -0.4 is 9.47 Å². The van der Waals surface area contributed by atoms with E-state index in [1.54, 1.807) is 28.1 Å². The zero-order chi connectivity index (χ0) is 15.5. The van der Waals surface area contributed by atoms with Crippen LogP contribution in [0.15, 0.2) is 12.1 Å². The standard InChI is InChI=1S/C16H24O4/c1-10(2)12-8-13(19-5)11(7-14(12)20-6)9-16(3,4)15(17)18/h7-8,10H,9H2,1-6H3,(H,17,18). The molecule has 0 unspecified atom stereocenters. The van der Waals surface area contributed by atoms with Gasteiger partial charge in [-0.25, -0.2) is 0 Å². The molecule has 0 heterocycles. The third-order valence-electron chi connectivity index (χ3n) is 3.47. The molecule has 4 heteroatoms. The zero-order valence-electron chi connectivity index (χ0n) is 13.1. The second kappa shape index (κ2) is 6.16. The number of aliphatic carboxylic acids is 1. The van der Waals surface area contributed by atoms with E-state index in [0.717, 1.165) is 16.9 Å². The molecule has 1 aromatic rings. The maximum Gasteiger partial charge on any atom is 0.309 e. The Balaban J connectivity index is 3.29. The highest BCUT2D eigenvalue weighted by Crippen LogP contribution is 2.36. The summed E-state index contributed by atoms with van der Waals surface area (Å²) in [5.41, 5.74) is 1.06. The van der Waals surface area contributed by atoms with Gasteiger partial charge in [-0.2, -0.15) is 0 Å². The number of hydrogen-bond acceptors (Lipinski definition) is 3. The Hall–Kier alpha value is -1.71. The van der Waals surface area contributed by atoms with E-state index in [-0.39, 0.29) is 0 Å². The van der Waals surface area contributed by atoms with Gasteiger partial charge in [0.25, 0.3) is 0 Å². The van der Waals surface area contributed by atoms with E-state index in [4.69, 9.17) is 9.47 Å². The smallest absolute Gasteiger partial charge is 0.309 e. The number of methoxy groups -OCH3 is 2. The lowest BCUT2D eigenvalue weighted by Gasteiger charge is -2.22. The Kier molecular flexibility index (Phi) is 5.03. The Bertz CT molecular complexity index is 489. The Morgan fingerprint density at radius 1 is 1.20 bits per heavy atom. The van der Waals surface area contributed by atoms with Crippen molar-refractivity contribution in [2.24, 2.45) is 5.41 Å². The van der Waals surface area contributed by atoms with Crippen LogP contribution >= 0.6 is 0 Å². The van der Waals surface area contributed by atoms with E-state index < -0.39 is 11.4 Å². The maximum atomic E-state index is 11.3. The van der Waals surface area contributed by atoms with Crippen LogP contribution in [0, 0.1) is 5.41 Å². The van der Waals surface area contributed by atoms with Crippen LogP contribution in [-0.2, 0) is 11.2 Å². The first-order chi connectivity index (χ1) is 9.22. The topological polar surface area (TPSA) is 55.8 Å². The van der Waals surface area contributed by atoms with Crippen LogP contribution in [0.4, 0.5) is 0 Å².